The van der Waals surface area contributed by atoms with E-state index in [1.165, 1.54) is 61.2 Å². The van der Waals surface area contributed by atoms with Crippen LogP contribution in [0.3, 0.4) is 0 Å². The summed E-state index contributed by atoms with van der Waals surface area (Å²) in [6, 6.07) is 9.45. The van der Waals surface area contributed by atoms with Gasteiger partial charge in [-0.3, -0.25) is 0 Å². The van der Waals surface area contributed by atoms with Crippen LogP contribution in [0.2, 0.25) is 0 Å². The lowest BCUT2D eigenvalue weighted by molar-refractivity contribution is 0.172. The van der Waals surface area contributed by atoms with Crippen LogP contribution in [-0.2, 0) is 0 Å². The van der Waals surface area contributed by atoms with Gasteiger partial charge >= 0.3 is 0 Å². The molecular formula is C15H21BrN2S. The molecule has 1 aromatic carbocycles. The largest absolute Gasteiger partial charge is 0.300 e. The molecule has 3 rings (SSSR count). The number of hydrogen-bond donors (Lipinski definition) is 0. The number of hydrogen-bond acceptors (Lipinski definition) is 3. The van der Waals surface area contributed by atoms with E-state index in [9.17, 15) is 0 Å². The molecule has 0 amide bonds. The summed E-state index contributed by atoms with van der Waals surface area (Å²) in [6.07, 6.45) is 5.49. The summed E-state index contributed by atoms with van der Waals surface area (Å²) in [5, 5.41) is 0. The predicted molar refractivity (Wildman–Crippen MR) is 85.4 cm³/mol. The van der Waals surface area contributed by atoms with Gasteiger partial charge < -0.3 is 4.90 Å². The van der Waals surface area contributed by atoms with E-state index < -0.39 is 0 Å². The summed E-state index contributed by atoms with van der Waals surface area (Å²) >= 11 is 5.45. The van der Waals surface area contributed by atoms with Crippen LogP contribution in [0.1, 0.15) is 25.7 Å². The molecule has 0 atom stereocenters. The number of likely N-dealkylation sites (tertiary alicyclic amines) is 1. The number of benzene rings is 1. The zero-order valence-corrected chi connectivity index (χ0v) is 13.6. The minimum absolute atomic E-state index is 0.849. The van der Waals surface area contributed by atoms with Crippen LogP contribution in [0, 0.1) is 0 Å². The Balaban J connectivity index is 1.50. The lowest BCUT2D eigenvalue weighted by atomic mass is 10.1. The number of rotatable bonds is 3. The second kappa shape index (κ2) is 6.61. The normalized spacial score (nSPS) is 23.0. The van der Waals surface area contributed by atoms with Crippen molar-refractivity contribution in [3.05, 3.63) is 28.7 Å². The molecule has 0 radical (unpaired) electrons. The van der Waals surface area contributed by atoms with E-state index in [0.717, 1.165) is 6.04 Å². The van der Waals surface area contributed by atoms with Crippen molar-refractivity contribution in [3.8, 4) is 0 Å². The summed E-state index contributed by atoms with van der Waals surface area (Å²) in [4.78, 5) is 4.05. The van der Waals surface area contributed by atoms with Crippen molar-refractivity contribution in [2.24, 2.45) is 0 Å². The maximum Gasteiger partial charge on any atom is 0.0241 e. The van der Waals surface area contributed by atoms with Gasteiger partial charge in [0, 0.05) is 28.5 Å². The van der Waals surface area contributed by atoms with E-state index in [-0.39, 0.29) is 0 Å². The van der Waals surface area contributed by atoms with E-state index in [1.807, 2.05) is 11.9 Å². The van der Waals surface area contributed by atoms with E-state index in [1.54, 1.807) is 0 Å². The number of piperidine rings is 1. The van der Waals surface area contributed by atoms with Crippen molar-refractivity contribution in [1.82, 2.24) is 9.21 Å². The molecule has 1 aromatic rings. The highest BCUT2D eigenvalue weighted by atomic mass is 79.9. The van der Waals surface area contributed by atoms with E-state index >= 15 is 0 Å². The van der Waals surface area contributed by atoms with Crippen LogP contribution in [-0.4, -0.2) is 41.4 Å². The Morgan fingerprint density at radius 2 is 1.79 bits per heavy atom. The van der Waals surface area contributed by atoms with Crippen LogP contribution in [0.4, 0.5) is 0 Å². The van der Waals surface area contributed by atoms with Gasteiger partial charge in [0.1, 0.15) is 0 Å². The van der Waals surface area contributed by atoms with Crippen molar-refractivity contribution in [3.63, 3.8) is 0 Å². The van der Waals surface area contributed by atoms with Gasteiger partial charge in [0.2, 0.25) is 0 Å². The predicted octanol–water partition coefficient (Wildman–Crippen LogP) is 4.02. The molecule has 19 heavy (non-hydrogen) atoms. The van der Waals surface area contributed by atoms with Gasteiger partial charge in [0.25, 0.3) is 0 Å². The van der Waals surface area contributed by atoms with Crippen LogP contribution in [0.5, 0.6) is 0 Å². The molecule has 2 aliphatic rings. The Morgan fingerprint density at radius 1 is 1.05 bits per heavy atom. The first-order valence-corrected chi connectivity index (χ1v) is 8.80. The van der Waals surface area contributed by atoms with Gasteiger partial charge in [-0.1, -0.05) is 22.0 Å². The molecule has 0 bridgehead atoms. The fourth-order valence-corrected chi connectivity index (χ4v) is 4.64. The maximum atomic E-state index is 3.54. The second-order valence-electron chi connectivity index (χ2n) is 5.45. The Bertz CT molecular complexity index is 412. The monoisotopic (exact) mass is 340 g/mol. The highest BCUT2D eigenvalue weighted by Gasteiger charge is 2.26. The molecule has 0 N–H and O–H groups in total. The third kappa shape index (κ3) is 3.75. The minimum Gasteiger partial charge on any atom is -0.300 e. The Morgan fingerprint density at radius 3 is 2.47 bits per heavy atom. The summed E-state index contributed by atoms with van der Waals surface area (Å²) in [7, 11) is 0. The molecule has 4 heteroatoms. The molecule has 0 unspecified atom stereocenters. The topological polar surface area (TPSA) is 6.48 Å². The van der Waals surface area contributed by atoms with Crippen molar-refractivity contribution >= 4 is 27.9 Å². The Hall–Kier alpha value is -0.0300. The molecule has 0 saturated carbocycles. The number of halogens is 1. The van der Waals surface area contributed by atoms with Crippen molar-refractivity contribution in [2.45, 2.75) is 36.6 Å². The Labute approximate surface area is 128 Å². The minimum atomic E-state index is 0.849. The summed E-state index contributed by atoms with van der Waals surface area (Å²) in [6.45, 7) is 5.11. The van der Waals surface area contributed by atoms with Crippen molar-refractivity contribution in [1.29, 1.82) is 0 Å². The molecule has 2 nitrogen and oxygen atoms in total. The van der Waals surface area contributed by atoms with Gasteiger partial charge in [-0.2, -0.15) is 0 Å². The molecule has 2 saturated heterocycles. The van der Waals surface area contributed by atoms with Crippen LogP contribution in [0.25, 0.3) is 0 Å². The molecule has 104 valence electrons. The summed E-state index contributed by atoms with van der Waals surface area (Å²) in [5.74, 6) is 0. The molecule has 0 spiro atoms. The molecular weight excluding hydrogens is 320 g/mol. The quantitative estimate of drug-likeness (QED) is 0.767. The SMILES string of the molecule is Brc1cccc(SN2CCC(N3CCCC3)CC2)c1. The first-order valence-electron chi connectivity index (χ1n) is 7.24. The molecule has 2 aliphatic heterocycles. The molecule has 0 aromatic heterocycles. The van der Waals surface area contributed by atoms with E-state index in [4.69, 9.17) is 0 Å². The van der Waals surface area contributed by atoms with Gasteiger partial charge in [-0.25, -0.2) is 4.31 Å². The van der Waals surface area contributed by atoms with Crippen LogP contribution in [0.15, 0.2) is 33.6 Å². The summed E-state index contributed by atoms with van der Waals surface area (Å²) in [5.41, 5.74) is 0. The fourth-order valence-electron chi connectivity index (χ4n) is 3.08. The summed E-state index contributed by atoms with van der Waals surface area (Å²) < 4.78 is 3.69. The van der Waals surface area contributed by atoms with Crippen LogP contribution >= 0.6 is 27.9 Å². The molecule has 0 aliphatic carbocycles. The van der Waals surface area contributed by atoms with Gasteiger partial charge in [-0.05, 0) is 68.9 Å². The standard InChI is InChI=1S/C15H21BrN2S/c16-13-4-3-5-15(12-13)19-18-10-6-14(7-11-18)17-8-1-2-9-17/h3-5,12,14H,1-2,6-11H2. The highest BCUT2D eigenvalue weighted by Crippen LogP contribution is 2.30. The highest BCUT2D eigenvalue weighted by molar-refractivity contribution is 9.10. The van der Waals surface area contributed by atoms with Gasteiger partial charge in [0.05, 0.1) is 0 Å². The zero-order chi connectivity index (χ0) is 13.1. The smallest absolute Gasteiger partial charge is 0.0241 e. The van der Waals surface area contributed by atoms with E-state index in [2.05, 4.69) is 49.4 Å². The second-order valence-corrected chi connectivity index (χ2v) is 7.54. The lowest BCUT2D eigenvalue weighted by Gasteiger charge is -2.35. The van der Waals surface area contributed by atoms with Crippen molar-refractivity contribution in [2.75, 3.05) is 26.2 Å². The number of nitrogens with zero attached hydrogens (tertiary/aromatic N) is 2. The first-order chi connectivity index (χ1) is 9.31. The maximum absolute atomic E-state index is 3.54. The first kappa shape index (κ1) is 13.9. The van der Waals surface area contributed by atoms with Crippen LogP contribution < -0.4 is 0 Å². The third-order valence-electron chi connectivity index (χ3n) is 4.11. The molecule has 2 fully saturated rings. The van der Waals surface area contributed by atoms with E-state index in [0.29, 0.717) is 0 Å². The average Bonchev–Trinajstić information content (AvgIpc) is 2.94. The van der Waals surface area contributed by atoms with Gasteiger partial charge in [0.15, 0.2) is 0 Å². The lowest BCUT2D eigenvalue weighted by Crippen LogP contribution is -2.41. The fraction of sp³-hybridized carbons (Fsp3) is 0.600. The zero-order valence-electron chi connectivity index (χ0n) is 11.2. The van der Waals surface area contributed by atoms with Crippen molar-refractivity contribution < 1.29 is 0 Å². The van der Waals surface area contributed by atoms with Gasteiger partial charge in [-0.15, -0.1) is 0 Å². The Kier molecular flexibility index (Phi) is 4.85. The average molecular weight is 341 g/mol. The third-order valence-corrected chi connectivity index (χ3v) is 5.69. The molecule has 2 heterocycles.